The monoisotopic (exact) mass is 237 g/mol. The first-order valence-electron chi connectivity index (χ1n) is 4.94. The number of pyridine rings is 1. The minimum Gasteiger partial charge on any atom is -0.389 e. The molecule has 2 aromatic rings. The summed E-state index contributed by atoms with van der Waals surface area (Å²) in [5, 5.41) is 14.2. The molecule has 5 heteroatoms. The first-order chi connectivity index (χ1) is 7.58. The van der Waals surface area contributed by atoms with Gasteiger partial charge < -0.3 is 5.11 Å². The Balaban J connectivity index is 2.34. The molecule has 1 N–H and O–H groups in total. The van der Waals surface area contributed by atoms with Crippen molar-refractivity contribution >= 4 is 11.6 Å². The molecule has 0 aliphatic rings. The van der Waals surface area contributed by atoms with Crippen LogP contribution >= 0.6 is 11.6 Å². The van der Waals surface area contributed by atoms with Gasteiger partial charge in [-0.1, -0.05) is 17.7 Å². The van der Waals surface area contributed by atoms with Crippen molar-refractivity contribution in [2.75, 3.05) is 0 Å². The number of aryl methyl sites for hydroxylation is 1. The molecule has 2 rings (SSSR count). The van der Waals surface area contributed by atoms with Gasteiger partial charge in [-0.3, -0.25) is 0 Å². The summed E-state index contributed by atoms with van der Waals surface area (Å²) in [6, 6.07) is 3.61. The predicted molar refractivity (Wildman–Crippen MR) is 61.7 cm³/mol. The predicted octanol–water partition coefficient (Wildman–Crippen LogP) is 2.28. The molecule has 1 unspecified atom stereocenters. The molecule has 0 aliphatic carbocycles. The summed E-state index contributed by atoms with van der Waals surface area (Å²) in [5.74, 6) is 0.680. The van der Waals surface area contributed by atoms with Crippen LogP contribution in [0.3, 0.4) is 0 Å². The summed E-state index contributed by atoms with van der Waals surface area (Å²) in [4.78, 5) is 4.21. The summed E-state index contributed by atoms with van der Waals surface area (Å²) in [7, 11) is 0. The fraction of sp³-hybridized carbons (Fsp3) is 0.273. The van der Waals surface area contributed by atoms with E-state index in [9.17, 15) is 5.11 Å². The van der Waals surface area contributed by atoms with Crippen molar-refractivity contribution in [3.8, 4) is 5.82 Å². The number of nitrogens with zero attached hydrogens (tertiary/aromatic N) is 3. The molecule has 0 spiro atoms. The summed E-state index contributed by atoms with van der Waals surface area (Å²) in [6.45, 7) is 3.54. The smallest absolute Gasteiger partial charge is 0.153 e. The molecule has 0 amide bonds. The van der Waals surface area contributed by atoms with E-state index in [0.29, 0.717) is 10.8 Å². The Morgan fingerprint density at radius 1 is 1.44 bits per heavy atom. The van der Waals surface area contributed by atoms with Crippen LogP contribution in [0.4, 0.5) is 0 Å². The van der Waals surface area contributed by atoms with E-state index in [1.807, 2.05) is 13.0 Å². The second-order valence-corrected chi connectivity index (χ2v) is 4.04. The van der Waals surface area contributed by atoms with Gasteiger partial charge in [-0.05, 0) is 25.5 Å². The van der Waals surface area contributed by atoms with Crippen LogP contribution in [-0.4, -0.2) is 19.9 Å². The van der Waals surface area contributed by atoms with Crippen molar-refractivity contribution in [1.29, 1.82) is 0 Å². The van der Waals surface area contributed by atoms with Gasteiger partial charge in [-0.15, -0.1) is 0 Å². The zero-order valence-corrected chi connectivity index (χ0v) is 9.81. The molecule has 2 aromatic heterocycles. The van der Waals surface area contributed by atoms with Gasteiger partial charge in [0.05, 0.1) is 23.0 Å². The van der Waals surface area contributed by atoms with Crippen LogP contribution in [0.15, 0.2) is 24.5 Å². The molecule has 0 aromatic carbocycles. The third-order valence-corrected chi connectivity index (χ3v) is 2.70. The maximum absolute atomic E-state index is 9.35. The van der Waals surface area contributed by atoms with Crippen LogP contribution in [0.25, 0.3) is 5.82 Å². The highest BCUT2D eigenvalue weighted by molar-refractivity contribution is 6.31. The van der Waals surface area contributed by atoms with E-state index < -0.39 is 6.10 Å². The van der Waals surface area contributed by atoms with Crippen molar-refractivity contribution in [2.45, 2.75) is 20.0 Å². The Kier molecular flexibility index (Phi) is 2.94. The van der Waals surface area contributed by atoms with Gasteiger partial charge in [0.15, 0.2) is 5.82 Å². The van der Waals surface area contributed by atoms with Crippen molar-refractivity contribution in [1.82, 2.24) is 14.8 Å². The highest BCUT2D eigenvalue weighted by atomic mass is 35.5. The molecule has 0 radical (unpaired) electrons. The molecule has 0 fully saturated rings. The zero-order valence-electron chi connectivity index (χ0n) is 9.05. The number of aromatic nitrogens is 3. The van der Waals surface area contributed by atoms with Crippen LogP contribution in [0.1, 0.15) is 24.3 Å². The lowest BCUT2D eigenvalue weighted by Crippen LogP contribution is -2.00. The summed E-state index contributed by atoms with van der Waals surface area (Å²) >= 11 is 5.91. The van der Waals surface area contributed by atoms with E-state index in [2.05, 4.69) is 10.1 Å². The van der Waals surface area contributed by atoms with Crippen molar-refractivity contribution < 1.29 is 5.11 Å². The minimum absolute atomic E-state index is 0.510. The van der Waals surface area contributed by atoms with Crippen LogP contribution in [0, 0.1) is 6.92 Å². The normalized spacial score (nSPS) is 12.8. The molecule has 0 saturated heterocycles. The highest BCUT2D eigenvalue weighted by Crippen LogP contribution is 2.16. The lowest BCUT2D eigenvalue weighted by molar-refractivity contribution is 0.199. The van der Waals surface area contributed by atoms with E-state index in [-0.39, 0.29) is 0 Å². The molecule has 84 valence electrons. The second-order valence-electron chi connectivity index (χ2n) is 3.63. The minimum atomic E-state index is -0.510. The van der Waals surface area contributed by atoms with Gasteiger partial charge in [-0.25, -0.2) is 9.67 Å². The largest absolute Gasteiger partial charge is 0.389 e. The summed E-state index contributed by atoms with van der Waals surface area (Å²) in [5.41, 5.74) is 1.54. The lowest BCUT2D eigenvalue weighted by atomic mass is 10.2. The van der Waals surface area contributed by atoms with E-state index in [1.165, 1.54) is 0 Å². The summed E-state index contributed by atoms with van der Waals surface area (Å²) < 4.78 is 1.61. The average Bonchev–Trinajstić information content (AvgIpc) is 2.59. The third kappa shape index (κ3) is 2.08. The molecule has 0 aliphatic heterocycles. The maximum Gasteiger partial charge on any atom is 0.153 e. The Labute approximate surface area is 98.5 Å². The van der Waals surface area contributed by atoms with Crippen molar-refractivity contribution in [3.63, 3.8) is 0 Å². The Hall–Kier alpha value is -1.39. The average molecular weight is 238 g/mol. The van der Waals surface area contributed by atoms with Crippen LogP contribution in [0.5, 0.6) is 0 Å². The van der Waals surface area contributed by atoms with Gasteiger partial charge in [0.1, 0.15) is 0 Å². The first-order valence-corrected chi connectivity index (χ1v) is 5.32. The van der Waals surface area contributed by atoms with Gasteiger partial charge in [0.25, 0.3) is 0 Å². The van der Waals surface area contributed by atoms with E-state index in [0.717, 1.165) is 11.3 Å². The topological polar surface area (TPSA) is 50.9 Å². The molecule has 0 saturated carbocycles. The SMILES string of the molecule is Cc1nn(-c2ccc(C(C)O)cn2)cc1Cl. The van der Waals surface area contributed by atoms with Gasteiger partial charge in [0.2, 0.25) is 0 Å². The quantitative estimate of drug-likeness (QED) is 0.872. The number of rotatable bonds is 2. The van der Waals surface area contributed by atoms with E-state index >= 15 is 0 Å². The standard InChI is InChI=1S/C11H12ClN3O/c1-7-10(12)6-15(14-7)11-4-3-9(5-13-11)8(2)16/h3-6,8,16H,1-2H3. The zero-order chi connectivity index (χ0) is 11.7. The number of hydrogen-bond donors (Lipinski definition) is 1. The number of halogens is 1. The van der Waals surface area contributed by atoms with Crippen molar-refractivity contribution in [2.24, 2.45) is 0 Å². The highest BCUT2D eigenvalue weighted by Gasteiger charge is 2.06. The molecule has 0 bridgehead atoms. The number of hydrogen-bond acceptors (Lipinski definition) is 3. The van der Waals surface area contributed by atoms with Crippen LogP contribution in [0.2, 0.25) is 5.02 Å². The van der Waals surface area contributed by atoms with Crippen molar-refractivity contribution in [3.05, 3.63) is 40.8 Å². The molecule has 2 heterocycles. The fourth-order valence-corrected chi connectivity index (χ4v) is 1.47. The number of aliphatic hydroxyl groups is 1. The molecular weight excluding hydrogens is 226 g/mol. The van der Waals surface area contributed by atoms with Crippen LogP contribution in [-0.2, 0) is 0 Å². The van der Waals surface area contributed by atoms with Gasteiger partial charge in [0, 0.05) is 6.20 Å². The van der Waals surface area contributed by atoms with E-state index in [1.54, 1.807) is 30.1 Å². The lowest BCUT2D eigenvalue weighted by Gasteiger charge is -2.05. The fourth-order valence-electron chi connectivity index (χ4n) is 1.34. The Bertz CT molecular complexity index is 471. The molecule has 1 atom stereocenters. The second kappa shape index (κ2) is 4.23. The van der Waals surface area contributed by atoms with E-state index in [4.69, 9.17) is 11.6 Å². The first kappa shape index (κ1) is 11.1. The molecule has 16 heavy (non-hydrogen) atoms. The maximum atomic E-state index is 9.35. The summed E-state index contributed by atoms with van der Waals surface area (Å²) in [6.07, 6.45) is 2.83. The van der Waals surface area contributed by atoms with Gasteiger partial charge >= 0.3 is 0 Å². The Morgan fingerprint density at radius 3 is 2.62 bits per heavy atom. The third-order valence-electron chi connectivity index (χ3n) is 2.33. The molecule has 4 nitrogen and oxygen atoms in total. The number of aliphatic hydroxyl groups excluding tert-OH is 1. The molecular formula is C11H12ClN3O. The Morgan fingerprint density at radius 2 is 2.19 bits per heavy atom. The van der Waals surface area contributed by atoms with Crippen LogP contribution < -0.4 is 0 Å². The van der Waals surface area contributed by atoms with Gasteiger partial charge in [-0.2, -0.15) is 5.10 Å².